The van der Waals surface area contributed by atoms with E-state index < -0.39 is 17.6 Å². The van der Waals surface area contributed by atoms with Crippen molar-refractivity contribution in [2.45, 2.75) is 6.54 Å². The third-order valence-electron chi connectivity index (χ3n) is 4.22. The maximum absolute atomic E-state index is 12.5. The van der Waals surface area contributed by atoms with Crippen LogP contribution in [0.1, 0.15) is 10.4 Å². The van der Waals surface area contributed by atoms with Gasteiger partial charge in [0.1, 0.15) is 6.54 Å². The molecule has 0 aliphatic rings. The van der Waals surface area contributed by atoms with E-state index in [0.29, 0.717) is 22.4 Å². The number of nitrogens with one attached hydrogen (secondary N) is 2. The Bertz CT molecular complexity index is 1200. The summed E-state index contributed by atoms with van der Waals surface area (Å²) in [5, 5.41) is 0. The summed E-state index contributed by atoms with van der Waals surface area (Å²) in [6, 6.07) is 17.5. The van der Waals surface area contributed by atoms with Crippen LogP contribution in [0.15, 0.2) is 82.3 Å². The highest BCUT2D eigenvalue weighted by Crippen LogP contribution is 2.14. The summed E-state index contributed by atoms with van der Waals surface area (Å²) in [5.41, 5.74) is 6.69. The fourth-order valence-electron chi connectivity index (χ4n) is 2.93. The molecule has 0 spiro atoms. The molecule has 0 bridgehead atoms. The zero-order valence-corrected chi connectivity index (χ0v) is 14.7. The van der Waals surface area contributed by atoms with Crippen molar-refractivity contribution in [1.82, 2.24) is 20.0 Å². The highest BCUT2D eigenvalue weighted by Gasteiger charge is 2.15. The van der Waals surface area contributed by atoms with Gasteiger partial charge in [-0.1, -0.05) is 24.3 Å². The average Bonchev–Trinajstić information content (AvgIpc) is 3.35. The third-order valence-corrected chi connectivity index (χ3v) is 4.22. The molecule has 0 atom stereocenters. The smallest absolute Gasteiger partial charge is 0.408 e. The van der Waals surface area contributed by atoms with Gasteiger partial charge in [0.15, 0.2) is 5.58 Å². The number of carbonyl (C=O) groups excluding carboxylic acids is 2. The standard InChI is InChI=1S/C20H16N4O4/c25-18(13-24-16-9-3-4-10-17(16)28-20(24)27)21-22-19(26)14-7-1-2-8-15(14)23-11-5-6-12-23/h1-12H,13H2,(H,21,25)(H,22,26). The SMILES string of the molecule is O=C(Cn1c(=O)oc2ccccc21)NNC(=O)c1ccccc1-n1cccc1. The summed E-state index contributed by atoms with van der Waals surface area (Å²) in [4.78, 5) is 36.7. The Morgan fingerprint density at radius 1 is 0.893 bits per heavy atom. The van der Waals surface area contributed by atoms with Crippen LogP contribution in [0.25, 0.3) is 16.8 Å². The Morgan fingerprint density at radius 2 is 1.61 bits per heavy atom. The van der Waals surface area contributed by atoms with E-state index in [-0.39, 0.29) is 6.54 Å². The van der Waals surface area contributed by atoms with Gasteiger partial charge in [0, 0.05) is 12.4 Å². The number of benzene rings is 2. The molecule has 2 aromatic carbocycles. The van der Waals surface area contributed by atoms with Crippen LogP contribution in [0.4, 0.5) is 0 Å². The highest BCUT2D eigenvalue weighted by molar-refractivity contribution is 5.98. The largest absolute Gasteiger partial charge is 0.420 e. The van der Waals surface area contributed by atoms with Crippen molar-refractivity contribution < 1.29 is 14.0 Å². The van der Waals surface area contributed by atoms with Gasteiger partial charge in [0.2, 0.25) is 0 Å². The minimum absolute atomic E-state index is 0.282. The van der Waals surface area contributed by atoms with Crippen molar-refractivity contribution >= 4 is 22.9 Å². The molecule has 28 heavy (non-hydrogen) atoms. The normalized spacial score (nSPS) is 10.7. The zero-order valence-electron chi connectivity index (χ0n) is 14.7. The Labute approximate surface area is 159 Å². The first-order chi connectivity index (χ1) is 13.6. The van der Waals surface area contributed by atoms with Crippen LogP contribution >= 0.6 is 0 Å². The molecule has 2 aromatic heterocycles. The molecule has 2 N–H and O–H groups in total. The number of fused-ring (bicyclic) bond motifs is 1. The summed E-state index contributed by atoms with van der Waals surface area (Å²) in [6.07, 6.45) is 3.64. The van der Waals surface area contributed by atoms with Crippen molar-refractivity contribution in [1.29, 1.82) is 0 Å². The molecule has 2 amide bonds. The van der Waals surface area contributed by atoms with Gasteiger partial charge < -0.3 is 8.98 Å². The molecular weight excluding hydrogens is 360 g/mol. The van der Waals surface area contributed by atoms with Gasteiger partial charge in [-0.2, -0.15) is 0 Å². The maximum atomic E-state index is 12.5. The maximum Gasteiger partial charge on any atom is 0.420 e. The van der Waals surface area contributed by atoms with Crippen molar-refractivity contribution in [3.05, 3.63) is 89.2 Å². The summed E-state index contributed by atoms with van der Waals surface area (Å²) in [7, 11) is 0. The highest BCUT2D eigenvalue weighted by atomic mass is 16.4. The number of oxazole rings is 1. The van der Waals surface area contributed by atoms with E-state index in [2.05, 4.69) is 10.9 Å². The number of rotatable bonds is 4. The lowest BCUT2D eigenvalue weighted by atomic mass is 10.1. The minimum atomic E-state index is -0.638. The molecule has 0 saturated heterocycles. The minimum Gasteiger partial charge on any atom is -0.408 e. The lowest BCUT2D eigenvalue weighted by Gasteiger charge is -2.12. The van der Waals surface area contributed by atoms with Crippen molar-refractivity contribution in [3.8, 4) is 5.69 Å². The second-order valence-electron chi connectivity index (χ2n) is 6.03. The van der Waals surface area contributed by atoms with Crippen LogP contribution in [0.2, 0.25) is 0 Å². The Morgan fingerprint density at radius 3 is 2.43 bits per heavy atom. The van der Waals surface area contributed by atoms with E-state index >= 15 is 0 Å². The first kappa shape index (κ1) is 17.3. The predicted octanol–water partition coefficient (Wildman–Crippen LogP) is 1.85. The fourth-order valence-corrected chi connectivity index (χ4v) is 2.93. The van der Waals surface area contributed by atoms with Gasteiger partial charge in [-0.15, -0.1) is 0 Å². The Hall–Kier alpha value is -4.07. The van der Waals surface area contributed by atoms with Gasteiger partial charge in [0.25, 0.3) is 11.8 Å². The number of hydrogen-bond acceptors (Lipinski definition) is 4. The van der Waals surface area contributed by atoms with E-state index in [1.165, 1.54) is 4.57 Å². The second kappa shape index (κ2) is 7.28. The molecule has 8 nitrogen and oxygen atoms in total. The van der Waals surface area contributed by atoms with Crippen LogP contribution in [-0.2, 0) is 11.3 Å². The van der Waals surface area contributed by atoms with Crippen LogP contribution in [0.3, 0.4) is 0 Å². The van der Waals surface area contributed by atoms with Gasteiger partial charge in [-0.05, 0) is 36.4 Å². The lowest BCUT2D eigenvalue weighted by molar-refractivity contribution is -0.122. The molecule has 0 radical (unpaired) electrons. The predicted molar refractivity (Wildman–Crippen MR) is 102 cm³/mol. The fraction of sp³-hybridized carbons (Fsp3) is 0.0500. The van der Waals surface area contributed by atoms with E-state index in [4.69, 9.17) is 4.42 Å². The zero-order chi connectivity index (χ0) is 19.5. The molecule has 0 aliphatic carbocycles. The monoisotopic (exact) mass is 376 g/mol. The number of hydrogen-bond donors (Lipinski definition) is 2. The van der Waals surface area contributed by atoms with Crippen molar-refractivity contribution in [3.63, 3.8) is 0 Å². The Kier molecular flexibility index (Phi) is 4.51. The molecule has 140 valence electrons. The van der Waals surface area contributed by atoms with E-state index in [0.717, 1.165) is 0 Å². The lowest BCUT2D eigenvalue weighted by Crippen LogP contribution is -2.44. The summed E-state index contributed by atoms with van der Waals surface area (Å²) >= 11 is 0. The number of hydrazine groups is 1. The summed E-state index contributed by atoms with van der Waals surface area (Å²) in [6.45, 7) is -0.282. The van der Waals surface area contributed by atoms with Gasteiger partial charge in [0.05, 0.1) is 16.8 Å². The number of para-hydroxylation sites is 3. The average molecular weight is 376 g/mol. The Balaban J connectivity index is 1.46. The molecule has 2 heterocycles. The van der Waals surface area contributed by atoms with E-state index in [1.54, 1.807) is 47.0 Å². The van der Waals surface area contributed by atoms with E-state index in [1.807, 2.05) is 30.6 Å². The molecular formula is C20H16N4O4. The molecule has 0 aliphatic heterocycles. The van der Waals surface area contributed by atoms with Crippen LogP contribution in [0, 0.1) is 0 Å². The van der Waals surface area contributed by atoms with Gasteiger partial charge in [-0.25, -0.2) is 4.79 Å². The third kappa shape index (κ3) is 3.30. The second-order valence-corrected chi connectivity index (χ2v) is 6.03. The quantitative estimate of drug-likeness (QED) is 0.531. The number of carbonyl (C=O) groups is 2. The van der Waals surface area contributed by atoms with Gasteiger partial charge >= 0.3 is 5.76 Å². The first-order valence-electron chi connectivity index (χ1n) is 8.53. The number of aromatic nitrogens is 2. The van der Waals surface area contributed by atoms with Crippen molar-refractivity contribution in [2.75, 3.05) is 0 Å². The summed E-state index contributed by atoms with van der Waals surface area (Å²) < 4.78 is 8.09. The number of amides is 2. The molecule has 0 saturated carbocycles. The molecule has 0 unspecified atom stereocenters. The van der Waals surface area contributed by atoms with Crippen LogP contribution in [-0.4, -0.2) is 20.9 Å². The first-order valence-corrected chi connectivity index (χ1v) is 8.53. The van der Waals surface area contributed by atoms with Crippen LogP contribution < -0.4 is 16.6 Å². The topological polar surface area (TPSA) is 98.3 Å². The van der Waals surface area contributed by atoms with Crippen LogP contribution in [0.5, 0.6) is 0 Å². The number of nitrogens with zero attached hydrogens (tertiary/aromatic N) is 2. The summed E-state index contributed by atoms with van der Waals surface area (Å²) in [5.74, 6) is -1.66. The molecule has 4 rings (SSSR count). The molecule has 4 aromatic rings. The van der Waals surface area contributed by atoms with Gasteiger partial charge in [-0.3, -0.25) is 25.0 Å². The molecule has 8 heteroatoms. The molecule has 0 fully saturated rings. The van der Waals surface area contributed by atoms with Crippen molar-refractivity contribution in [2.24, 2.45) is 0 Å². The van der Waals surface area contributed by atoms with E-state index in [9.17, 15) is 14.4 Å².